The van der Waals surface area contributed by atoms with Crippen LogP contribution in [0.2, 0.25) is 0 Å². The first-order chi connectivity index (χ1) is 7.13. The monoisotopic (exact) mass is 212 g/mol. The van der Waals surface area contributed by atoms with Gasteiger partial charge in [0, 0.05) is 12.6 Å². The van der Waals surface area contributed by atoms with Gasteiger partial charge in [-0.1, -0.05) is 0 Å². The Morgan fingerprint density at radius 2 is 2.20 bits per heavy atom. The fourth-order valence-corrected chi connectivity index (χ4v) is 0.976. The number of nitrogens with one attached hydrogen (secondary N) is 1. The van der Waals surface area contributed by atoms with E-state index in [0.29, 0.717) is 12.4 Å². The van der Waals surface area contributed by atoms with Gasteiger partial charge in [0.2, 0.25) is 5.95 Å². The maximum absolute atomic E-state index is 10.3. The van der Waals surface area contributed by atoms with Crippen LogP contribution in [-0.2, 0) is 0 Å². The Labute approximate surface area is 86.3 Å². The molecule has 0 aliphatic carbocycles. The summed E-state index contributed by atoms with van der Waals surface area (Å²) in [6.45, 7) is 1.93. The summed E-state index contributed by atoms with van der Waals surface area (Å²) in [6.07, 6.45) is 2.85. The van der Waals surface area contributed by atoms with Crippen molar-refractivity contribution in [3.05, 3.63) is 22.5 Å². The van der Waals surface area contributed by atoms with Gasteiger partial charge in [-0.15, -0.1) is 0 Å². The van der Waals surface area contributed by atoms with Crippen LogP contribution in [0.5, 0.6) is 0 Å². The van der Waals surface area contributed by atoms with Gasteiger partial charge in [-0.25, -0.2) is 9.97 Å². The maximum atomic E-state index is 10.3. The number of aliphatic hydroxyl groups is 1. The maximum Gasteiger partial charge on any atom is 0.305 e. The second-order valence-electron chi connectivity index (χ2n) is 3.08. The molecule has 0 aliphatic rings. The highest BCUT2D eigenvalue weighted by Crippen LogP contribution is 2.09. The molecule has 2 N–H and O–H groups in total. The molecule has 1 atom stereocenters. The van der Waals surface area contributed by atoms with Crippen LogP contribution in [0, 0.1) is 10.1 Å². The Hall–Kier alpha value is -1.76. The third-order valence-electron chi connectivity index (χ3n) is 1.79. The van der Waals surface area contributed by atoms with Crippen LogP contribution >= 0.6 is 0 Å². The van der Waals surface area contributed by atoms with Gasteiger partial charge >= 0.3 is 5.69 Å². The van der Waals surface area contributed by atoms with Crippen molar-refractivity contribution >= 4 is 11.6 Å². The van der Waals surface area contributed by atoms with Crippen molar-refractivity contribution in [2.75, 3.05) is 11.9 Å². The van der Waals surface area contributed by atoms with Gasteiger partial charge in [0.25, 0.3) is 0 Å². The highest BCUT2D eigenvalue weighted by atomic mass is 16.6. The van der Waals surface area contributed by atoms with Crippen molar-refractivity contribution in [1.29, 1.82) is 0 Å². The molecule has 7 heteroatoms. The molecular formula is C8H12N4O3. The number of aromatic nitrogens is 2. The number of hydrogen-bond acceptors (Lipinski definition) is 6. The second-order valence-corrected chi connectivity index (χ2v) is 3.08. The number of rotatable bonds is 5. The smallest absolute Gasteiger partial charge is 0.305 e. The first-order valence-electron chi connectivity index (χ1n) is 4.47. The van der Waals surface area contributed by atoms with Crippen LogP contribution in [0.25, 0.3) is 0 Å². The van der Waals surface area contributed by atoms with Crippen molar-refractivity contribution in [3.63, 3.8) is 0 Å². The van der Waals surface area contributed by atoms with Crippen molar-refractivity contribution in [3.8, 4) is 0 Å². The van der Waals surface area contributed by atoms with E-state index in [1.165, 1.54) is 0 Å². The molecule has 1 unspecified atom stereocenters. The highest BCUT2D eigenvalue weighted by molar-refractivity contribution is 5.31. The van der Waals surface area contributed by atoms with Gasteiger partial charge in [0.05, 0.1) is 4.92 Å². The van der Waals surface area contributed by atoms with Crippen LogP contribution in [0.4, 0.5) is 11.6 Å². The summed E-state index contributed by atoms with van der Waals surface area (Å²) in [4.78, 5) is 17.3. The average Bonchev–Trinajstić information content (AvgIpc) is 2.18. The third-order valence-corrected chi connectivity index (χ3v) is 1.79. The SMILES string of the molecule is CC(CCO)Nc1ncc([N+](=O)[O-])cn1. The molecule has 0 aliphatic heterocycles. The first kappa shape index (κ1) is 11.3. The Balaban J connectivity index is 2.60. The van der Waals surface area contributed by atoms with Crippen LogP contribution in [0.3, 0.4) is 0 Å². The van der Waals surface area contributed by atoms with Crippen LogP contribution in [0.1, 0.15) is 13.3 Å². The van der Waals surface area contributed by atoms with Crippen molar-refractivity contribution < 1.29 is 10.0 Å². The molecule has 0 radical (unpaired) electrons. The Morgan fingerprint density at radius 3 is 2.67 bits per heavy atom. The van der Waals surface area contributed by atoms with E-state index in [-0.39, 0.29) is 18.3 Å². The molecular weight excluding hydrogens is 200 g/mol. The highest BCUT2D eigenvalue weighted by Gasteiger charge is 2.08. The molecule has 15 heavy (non-hydrogen) atoms. The average molecular weight is 212 g/mol. The van der Waals surface area contributed by atoms with Gasteiger partial charge in [-0.05, 0) is 13.3 Å². The van der Waals surface area contributed by atoms with E-state index in [0.717, 1.165) is 12.4 Å². The van der Waals surface area contributed by atoms with Gasteiger partial charge in [-0.2, -0.15) is 0 Å². The lowest BCUT2D eigenvalue weighted by molar-refractivity contribution is -0.385. The summed E-state index contributed by atoms with van der Waals surface area (Å²) in [7, 11) is 0. The Bertz CT molecular complexity index is 327. The topological polar surface area (TPSA) is 101 Å². The lowest BCUT2D eigenvalue weighted by Gasteiger charge is -2.11. The molecule has 1 rings (SSSR count). The lowest BCUT2D eigenvalue weighted by atomic mass is 10.2. The molecule has 0 saturated heterocycles. The quantitative estimate of drug-likeness (QED) is 0.546. The van der Waals surface area contributed by atoms with E-state index in [2.05, 4.69) is 15.3 Å². The fourth-order valence-electron chi connectivity index (χ4n) is 0.976. The largest absolute Gasteiger partial charge is 0.396 e. The van der Waals surface area contributed by atoms with Crippen molar-refractivity contribution in [2.45, 2.75) is 19.4 Å². The van der Waals surface area contributed by atoms with E-state index < -0.39 is 4.92 Å². The minimum absolute atomic E-state index is 0.0245. The summed E-state index contributed by atoms with van der Waals surface area (Å²) >= 11 is 0. The summed E-state index contributed by atoms with van der Waals surface area (Å²) in [5.41, 5.74) is -0.143. The lowest BCUT2D eigenvalue weighted by Crippen LogP contribution is -2.18. The van der Waals surface area contributed by atoms with Crippen molar-refractivity contribution in [2.24, 2.45) is 0 Å². The molecule has 82 valence electrons. The van der Waals surface area contributed by atoms with E-state index in [4.69, 9.17) is 5.11 Å². The normalized spacial score (nSPS) is 12.1. The number of hydrogen-bond donors (Lipinski definition) is 2. The van der Waals surface area contributed by atoms with E-state index in [9.17, 15) is 10.1 Å². The zero-order chi connectivity index (χ0) is 11.3. The minimum atomic E-state index is -0.555. The van der Waals surface area contributed by atoms with E-state index in [1.54, 1.807) is 0 Å². The van der Waals surface area contributed by atoms with Gasteiger partial charge in [-0.3, -0.25) is 10.1 Å². The van der Waals surface area contributed by atoms with Crippen LogP contribution in [0.15, 0.2) is 12.4 Å². The molecule has 1 heterocycles. The molecule has 0 spiro atoms. The Morgan fingerprint density at radius 1 is 1.60 bits per heavy atom. The molecule has 0 amide bonds. The van der Waals surface area contributed by atoms with E-state index >= 15 is 0 Å². The van der Waals surface area contributed by atoms with Gasteiger partial charge in [0.15, 0.2) is 0 Å². The van der Waals surface area contributed by atoms with Crippen molar-refractivity contribution in [1.82, 2.24) is 9.97 Å². The number of anilines is 1. The Kier molecular flexibility index (Phi) is 3.92. The molecule has 0 saturated carbocycles. The minimum Gasteiger partial charge on any atom is -0.396 e. The standard InChI is InChI=1S/C8H12N4O3/c1-6(2-3-13)11-8-9-4-7(5-10-8)12(14)15/h4-6,13H,2-3H2,1H3,(H,9,10,11). The molecule has 7 nitrogen and oxygen atoms in total. The fraction of sp³-hybridized carbons (Fsp3) is 0.500. The van der Waals surface area contributed by atoms with Crippen LogP contribution in [-0.4, -0.2) is 32.6 Å². The van der Waals surface area contributed by atoms with Gasteiger partial charge < -0.3 is 10.4 Å². The zero-order valence-corrected chi connectivity index (χ0v) is 8.25. The molecule has 0 bridgehead atoms. The molecule has 1 aromatic rings. The van der Waals surface area contributed by atoms with E-state index in [1.807, 2.05) is 6.92 Å². The summed E-state index contributed by atoms with van der Waals surface area (Å²) < 4.78 is 0. The first-order valence-corrected chi connectivity index (χ1v) is 4.47. The predicted molar refractivity (Wildman–Crippen MR) is 53.5 cm³/mol. The second kappa shape index (κ2) is 5.20. The number of nitro groups is 1. The molecule has 0 aromatic carbocycles. The summed E-state index contributed by atoms with van der Waals surface area (Å²) in [5.74, 6) is 0.321. The number of aliphatic hydroxyl groups excluding tert-OH is 1. The third kappa shape index (κ3) is 3.47. The molecule has 1 aromatic heterocycles. The summed E-state index contributed by atoms with van der Waals surface area (Å²) in [6, 6.07) is 0.0245. The zero-order valence-electron chi connectivity index (χ0n) is 8.25. The summed E-state index contributed by atoms with van der Waals surface area (Å²) in [5, 5.41) is 21.9. The number of nitrogens with zero attached hydrogens (tertiary/aromatic N) is 3. The van der Waals surface area contributed by atoms with Crippen LogP contribution < -0.4 is 5.32 Å². The predicted octanol–water partition coefficient (Wildman–Crippen LogP) is 0.568. The van der Waals surface area contributed by atoms with Gasteiger partial charge in [0.1, 0.15) is 12.4 Å². The molecule has 0 fully saturated rings.